The van der Waals surface area contributed by atoms with Gasteiger partial charge in [0.1, 0.15) is 6.61 Å². The van der Waals surface area contributed by atoms with Gasteiger partial charge in [0.05, 0.1) is 44.7 Å². The number of amides is 1. The Morgan fingerprint density at radius 3 is 1.62 bits per heavy atom. The van der Waals surface area contributed by atoms with Crippen molar-refractivity contribution in [1.82, 2.24) is 5.32 Å². The predicted octanol–water partition coefficient (Wildman–Crippen LogP) is 6.61. The van der Waals surface area contributed by atoms with E-state index in [0.717, 1.165) is 31.7 Å². The molecule has 11 nitrogen and oxygen atoms in total. The van der Waals surface area contributed by atoms with Crippen LogP contribution < -0.4 is 5.32 Å². The maximum atomic E-state index is 11.9. The number of alkyl carbamates (subject to hydrolysis) is 1. The number of esters is 1. The summed E-state index contributed by atoms with van der Waals surface area (Å²) in [4.78, 5) is 23.3. The van der Waals surface area contributed by atoms with Crippen LogP contribution >= 0.6 is 0 Å². The average Bonchev–Trinajstić information content (AvgIpc) is 3.00. The SMILES string of the molecule is C=C(C)C(=O)OCC(C)OCC(C)OCC(C)OCCNC(=O)OCCCCCCCCCCC[Si](OCC)(OCC)OCC. The van der Waals surface area contributed by atoms with E-state index < -0.39 is 20.9 Å². The Balaban J connectivity index is 3.66. The fourth-order valence-corrected chi connectivity index (χ4v) is 7.06. The van der Waals surface area contributed by atoms with Crippen LogP contribution in [0.5, 0.6) is 0 Å². The summed E-state index contributed by atoms with van der Waals surface area (Å²) >= 11 is 0. The molecule has 3 unspecified atom stereocenters. The van der Waals surface area contributed by atoms with Crippen molar-refractivity contribution >= 4 is 20.9 Å². The van der Waals surface area contributed by atoms with Gasteiger partial charge in [0.15, 0.2) is 0 Å². The van der Waals surface area contributed by atoms with E-state index in [1.54, 1.807) is 6.92 Å². The zero-order valence-electron chi connectivity index (χ0n) is 29.5. The monoisotopic (exact) mass is 663 g/mol. The van der Waals surface area contributed by atoms with E-state index in [9.17, 15) is 9.59 Å². The van der Waals surface area contributed by atoms with Gasteiger partial charge < -0.3 is 42.3 Å². The van der Waals surface area contributed by atoms with Crippen LogP contribution in [0.4, 0.5) is 4.79 Å². The molecule has 0 aromatic carbocycles. The van der Waals surface area contributed by atoms with E-state index in [1.165, 1.54) is 32.1 Å². The number of nitrogens with one attached hydrogen (secondary N) is 1. The van der Waals surface area contributed by atoms with Crippen molar-refractivity contribution in [2.24, 2.45) is 0 Å². The maximum Gasteiger partial charge on any atom is 0.500 e. The number of carbonyl (C=O) groups is 2. The van der Waals surface area contributed by atoms with E-state index in [2.05, 4.69) is 11.9 Å². The molecule has 0 fully saturated rings. The summed E-state index contributed by atoms with van der Waals surface area (Å²) < 4.78 is 45.2. The van der Waals surface area contributed by atoms with Crippen LogP contribution in [0.3, 0.4) is 0 Å². The Kier molecular flexibility index (Phi) is 27.7. The van der Waals surface area contributed by atoms with Gasteiger partial charge >= 0.3 is 20.9 Å². The van der Waals surface area contributed by atoms with E-state index in [-0.39, 0.29) is 24.9 Å². The molecule has 0 rings (SSSR count). The van der Waals surface area contributed by atoms with Crippen molar-refractivity contribution in [3.8, 4) is 0 Å². The minimum absolute atomic E-state index is 0.137. The third kappa shape index (κ3) is 25.3. The largest absolute Gasteiger partial charge is 0.500 e. The Labute approximate surface area is 274 Å². The molecule has 0 aromatic heterocycles. The minimum Gasteiger partial charge on any atom is -0.460 e. The summed E-state index contributed by atoms with van der Waals surface area (Å²) in [7, 11) is -2.50. The lowest BCUT2D eigenvalue weighted by atomic mass is 10.1. The lowest BCUT2D eigenvalue weighted by molar-refractivity contribution is -0.144. The Hall–Kier alpha value is -1.54. The number of unbranched alkanes of at least 4 members (excludes halogenated alkanes) is 8. The molecular formula is C33H65NO10Si. The fraction of sp³-hybridized carbons (Fsp3) is 0.879. The normalized spacial score (nSPS) is 13.7. The van der Waals surface area contributed by atoms with Crippen LogP contribution in [0.1, 0.15) is 106 Å². The van der Waals surface area contributed by atoms with Crippen molar-refractivity contribution in [1.29, 1.82) is 0 Å². The van der Waals surface area contributed by atoms with Crippen molar-refractivity contribution < 1.29 is 46.6 Å². The molecule has 0 saturated heterocycles. The van der Waals surface area contributed by atoms with Crippen molar-refractivity contribution in [2.45, 2.75) is 131 Å². The standard InChI is InChI=1S/C33H65NO10Si/c1-9-42-45(43-10-2,44-11-3)24-20-18-16-14-12-13-15-17-19-22-38-33(36)34-21-23-37-29(6)25-39-30(7)26-40-31(8)27-41-32(35)28(4)5/h29-31H,4,9-27H2,1-3,5-8H3,(H,34,36). The van der Waals surface area contributed by atoms with Crippen molar-refractivity contribution in [3.05, 3.63) is 12.2 Å². The summed E-state index contributed by atoms with van der Waals surface area (Å²) in [5, 5.41) is 2.72. The summed E-state index contributed by atoms with van der Waals surface area (Å²) in [6.07, 6.45) is 9.30. The first kappa shape index (κ1) is 43.5. The first-order valence-corrected chi connectivity index (χ1v) is 19.0. The van der Waals surface area contributed by atoms with Crippen LogP contribution in [0.25, 0.3) is 0 Å². The van der Waals surface area contributed by atoms with Crippen LogP contribution in [-0.4, -0.2) is 98.6 Å². The van der Waals surface area contributed by atoms with Gasteiger partial charge in [-0.25, -0.2) is 9.59 Å². The zero-order chi connectivity index (χ0) is 33.8. The molecule has 1 N–H and O–H groups in total. The summed E-state index contributed by atoms with van der Waals surface area (Å²) in [6.45, 7) is 20.8. The second kappa shape index (κ2) is 28.7. The van der Waals surface area contributed by atoms with E-state index in [1.807, 2.05) is 41.5 Å². The molecule has 12 heteroatoms. The maximum absolute atomic E-state index is 11.9. The van der Waals surface area contributed by atoms with Gasteiger partial charge in [-0.15, -0.1) is 0 Å². The molecule has 266 valence electrons. The second-order valence-electron chi connectivity index (χ2n) is 11.3. The summed E-state index contributed by atoms with van der Waals surface area (Å²) in [5.41, 5.74) is 0.360. The highest BCUT2D eigenvalue weighted by Crippen LogP contribution is 2.21. The Bertz CT molecular complexity index is 740. The Morgan fingerprint density at radius 2 is 1.11 bits per heavy atom. The van der Waals surface area contributed by atoms with Crippen molar-refractivity contribution in [2.75, 3.05) is 59.4 Å². The predicted molar refractivity (Wildman–Crippen MR) is 178 cm³/mol. The Morgan fingerprint density at radius 1 is 0.644 bits per heavy atom. The van der Waals surface area contributed by atoms with Gasteiger partial charge in [-0.3, -0.25) is 0 Å². The minimum atomic E-state index is -2.50. The molecule has 0 spiro atoms. The molecule has 0 saturated carbocycles. The molecule has 1 amide bonds. The first-order chi connectivity index (χ1) is 21.6. The third-order valence-corrected chi connectivity index (χ3v) is 9.91. The molecule has 0 radical (unpaired) electrons. The van der Waals surface area contributed by atoms with Gasteiger partial charge in [0.2, 0.25) is 0 Å². The molecule has 3 atom stereocenters. The smallest absolute Gasteiger partial charge is 0.460 e. The van der Waals surface area contributed by atoms with Gasteiger partial charge in [0.25, 0.3) is 0 Å². The quantitative estimate of drug-likeness (QED) is 0.0376. The van der Waals surface area contributed by atoms with E-state index in [0.29, 0.717) is 58.4 Å². The van der Waals surface area contributed by atoms with Crippen LogP contribution in [0.15, 0.2) is 12.2 Å². The first-order valence-electron chi connectivity index (χ1n) is 17.1. The summed E-state index contributed by atoms with van der Waals surface area (Å²) in [6, 6.07) is 0.896. The highest BCUT2D eigenvalue weighted by Gasteiger charge is 2.39. The lowest BCUT2D eigenvalue weighted by Gasteiger charge is -2.28. The van der Waals surface area contributed by atoms with Gasteiger partial charge in [0, 0.05) is 38.0 Å². The van der Waals surface area contributed by atoms with Gasteiger partial charge in [-0.2, -0.15) is 0 Å². The van der Waals surface area contributed by atoms with Crippen LogP contribution in [-0.2, 0) is 41.8 Å². The molecule has 0 aromatic rings. The molecule has 0 aliphatic carbocycles. The van der Waals surface area contributed by atoms with Gasteiger partial charge in [-0.1, -0.05) is 51.5 Å². The fourth-order valence-electron chi connectivity index (χ4n) is 4.37. The lowest BCUT2D eigenvalue weighted by Crippen LogP contribution is -2.45. The molecule has 0 bridgehead atoms. The molecule has 0 aliphatic heterocycles. The highest BCUT2D eigenvalue weighted by molar-refractivity contribution is 6.60. The second-order valence-corrected chi connectivity index (χ2v) is 14.1. The summed E-state index contributed by atoms with van der Waals surface area (Å²) in [5.74, 6) is -0.424. The number of ether oxygens (including phenoxy) is 5. The molecule has 0 aliphatic rings. The third-order valence-electron chi connectivity index (χ3n) is 6.76. The van der Waals surface area contributed by atoms with E-state index in [4.69, 9.17) is 37.0 Å². The number of hydrogen-bond acceptors (Lipinski definition) is 10. The van der Waals surface area contributed by atoms with E-state index >= 15 is 0 Å². The number of hydrogen-bond donors (Lipinski definition) is 1. The topological polar surface area (TPSA) is 120 Å². The number of rotatable bonds is 31. The van der Waals surface area contributed by atoms with Crippen LogP contribution in [0, 0.1) is 0 Å². The average molecular weight is 664 g/mol. The molecule has 0 heterocycles. The highest BCUT2D eigenvalue weighted by atomic mass is 28.4. The molecule has 45 heavy (non-hydrogen) atoms. The molecular weight excluding hydrogens is 598 g/mol. The zero-order valence-corrected chi connectivity index (χ0v) is 30.5. The van der Waals surface area contributed by atoms with Crippen molar-refractivity contribution in [3.63, 3.8) is 0 Å². The number of carbonyl (C=O) groups excluding carboxylic acids is 2. The van der Waals surface area contributed by atoms with Gasteiger partial charge in [-0.05, 0) is 61.3 Å². The van der Waals surface area contributed by atoms with Crippen LogP contribution in [0.2, 0.25) is 6.04 Å².